The number of aromatic amines is 1. The van der Waals surface area contributed by atoms with Crippen LogP contribution in [0.2, 0.25) is 10.0 Å². The van der Waals surface area contributed by atoms with Crippen molar-refractivity contribution >= 4 is 52.5 Å². The van der Waals surface area contributed by atoms with Crippen LogP contribution in [0.1, 0.15) is 37.7 Å². The molecular formula is C20H21Cl2N5O3. The molecule has 1 saturated heterocycles. The Bertz CT molecular complexity index is 1060. The Morgan fingerprint density at radius 2 is 1.93 bits per heavy atom. The first-order chi connectivity index (χ1) is 14.3. The molecule has 2 aromatic rings. The average molecular weight is 450 g/mol. The van der Waals surface area contributed by atoms with Crippen molar-refractivity contribution in [2.75, 3.05) is 28.6 Å². The maximum Gasteiger partial charge on any atom is 0.258 e. The van der Waals surface area contributed by atoms with E-state index in [0.29, 0.717) is 22.6 Å². The maximum atomic E-state index is 12.9. The van der Waals surface area contributed by atoms with Crippen LogP contribution in [0.5, 0.6) is 0 Å². The Hall–Kier alpha value is -2.58. The van der Waals surface area contributed by atoms with Crippen molar-refractivity contribution in [2.45, 2.75) is 32.1 Å². The summed E-state index contributed by atoms with van der Waals surface area (Å²) < 4.78 is 0. The van der Waals surface area contributed by atoms with Crippen LogP contribution >= 0.6 is 23.2 Å². The van der Waals surface area contributed by atoms with Crippen molar-refractivity contribution in [1.29, 1.82) is 0 Å². The van der Waals surface area contributed by atoms with Gasteiger partial charge in [-0.3, -0.25) is 19.4 Å². The zero-order chi connectivity index (χ0) is 21.4. The number of aromatic nitrogens is 2. The molecule has 10 heteroatoms. The molecule has 30 heavy (non-hydrogen) atoms. The lowest BCUT2D eigenvalue weighted by atomic mass is 9.92. The molecule has 1 aromatic heterocycles. The normalized spacial score (nSPS) is 19.2. The summed E-state index contributed by atoms with van der Waals surface area (Å²) in [6.07, 6.45) is 1.86. The molecule has 1 atom stereocenters. The summed E-state index contributed by atoms with van der Waals surface area (Å²) in [7, 11) is 0. The fourth-order valence-corrected chi connectivity index (χ4v) is 4.05. The van der Waals surface area contributed by atoms with E-state index in [9.17, 15) is 14.4 Å². The van der Waals surface area contributed by atoms with E-state index in [1.807, 2.05) is 4.90 Å². The number of fused-ring (bicyclic) bond motifs is 1. The van der Waals surface area contributed by atoms with Crippen molar-refractivity contribution in [3.63, 3.8) is 0 Å². The Labute approximate surface area is 183 Å². The Balaban J connectivity index is 1.62. The van der Waals surface area contributed by atoms with Crippen LogP contribution in [-0.4, -0.2) is 34.9 Å². The lowest BCUT2D eigenvalue weighted by Crippen LogP contribution is -2.39. The fourth-order valence-electron chi connectivity index (χ4n) is 3.76. The summed E-state index contributed by atoms with van der Waals surface area (Å²) >= 11 is 11.9. The van der Waals surface area contributed by atoms with Gasteiger partial charge in [0.25, 0.3) is 5.56 Å². The molecular weight excluding hydrogens is 429 g/mol. The Morgan fingerprint density at radius 1 is 1.20 bits per heavy atom. The van der Waals surface area contributed by atoms with Gasteiger partial charge < -0.3 is 15.5 Å². The SMILES string of the molecule is CC1CCN(c2nc3c(c(=O)[nH]2)[C@@H](C(=O)Nc2ccc(Cl)c(Cl)c2)CC(=O)N3)CC1. The van der Waals surface area contributed by atoms with Crippen molar-refractivity contribution < 1.29 is 9.59 Å². The van der Waals surface area contributed by atoms with Crippen molar-refractivity contribution in [2.24, 2.45) is 5.92 Å². The molecule has 0 unspecified atom stereocenters. The molecule has 3 N–H and O–H groups in total. The number of piperidine rings is 1. The van der Waals surface area contributed by atoms with Crippen molar-refractivity contribution in [1.82, 2.24) is 9.97 Å². The number of H-pyrrole nitrogens is 1. The van der Waals surface area contributed by atoms with Crippen LogP contribution in [0, 0.1) is 5.92 Å². The molecule has 2 amide bonds. The third-order valence-corrected chi connectivity index (χ3v) is 6.26. The number of halogens is 2. The lowest BCUT2D eigenvalue weighted by molar-refractivity contribution is -0.123. The fraction of sp³-hybridized carbons (Fsp3) is 0.400. The molecule has 2 aliphatic rings. The molecule has 0 aliphatic carbocycles. The number of nitrogens with one attached hydrogen (secondary N) is 3. The van der Waals surface area contributed by atoms with Gasteiger partial charge in [-0.15, -0.1) is 0 Å². The second kappa shape index (κ2) is 8.28. The summed E-state index contributed by atoms with van der Waals surface area (Å²) in [5.74, 6) is -0.645. The van der Waals surface area contributed by atoms with Gasteiger partial charge in [0.05, 0.1) is 21.5 Å². The molecule has 3 heterocycles. The first-order valence-electron chi connectivity index (χ1n) is 9.76. The number of benzene rings is 1. The topological polar surface area (TPSA) is 107 Å². The molecule has 0 bridgehead atoms. The van der Waals surface area contributed by atoms with Crippen LogP contribution in [0.3, 0.4) is 0 Å². The van der Waals surface area contributed by atoms with Gasteiger partial charge in [-0.05, 0) is 37.0 Å². The summed E-state index contributed by atoms with van der Waals surface area (Å²) in [5, 5.41) is 5.98. The van der Waals surface area contributed by atoms with E-state index in [-0.39, 0.29) is 28.7 Å². The van der Waals surface area contributed by atoms with Gasteiger partial charge >= 0.3 is 0 Å². The molecule has 1 aromatic carbocycles. The molecule has 1 fully saturated rings. The summed E-state index contributed by atoms with van der Waals surface area (Å²) in [4.78, 5) is 47.2. The number of amides is 2. The largest absolute Gasteiger partial charge is 0.342 e. The van der Waals surface area contributed by atoms with Crippen LogP contribution in [-0.2, 0) is 9.59 Å². The highest BCUT2D eigenvalue weighted by Gasteiger charge is 2.35. The van der Waals surface area contributed by atoms with E-state index >= 15 is 0 Å². The molecule has 2 aliphatic heterocycles. The van der Waals surface area contributed by atoms with Crippen LogP contribution in [0.15, 0.2) is 23.0 Å². The highest BCUT2D eigenvalue weighted by Crippen LogP contribution is 2.32. The third kappa shape index (κ3) is 4.15. The van der Waals surface area contributed by atoms with Gasteiger partial charge in [0.1, 0.15) is 5.82 Å². The molecule has 8 nitrogen and oxygen atoms in total. The predicted molar refractivity (Wildman–Crippen MR) is 117 cm³/mol. The number of hydrogen-bond donors (Lipinski definition) is 3. The number of carbonyl (C=O) groups is 2. The minimum atomic E-state index is -0.963. The zero-order valence-electron chi connectivity index (χ0n) is 16.3. The number of hydrogen-bond acceptors (Lipinski definition) is 5. The second-order valence-corrected chi connectivity index (χ2v) is 8.56. The number of anilines is 3. The quantitative estimate of drug-likeness (QED) is 0.665. The Morgan fingerprint density at radius 3 is 2.63 bits per heavy atom. The predicted octanol–water partition coefficient (Wildman–Crippen LogP) is 3.38. The summed E-state index contributed by atoms with van der Waals surface area (Å²) in [6, 6.07) is 4.66. The van der Waals surface area contributed by atoms with Gasteiger partial charge in [-0.1, -0.05) is 30.1 Å². The van der Waals surface area contributed by atoms with E-state index in [4.69, 9.17) is 23.2 Å². The first-order valence-corrected chi connectivity index (χ1v) is 10.5. The van der Waals surface area contributed by atoms with Crippen molar-refractivity contribution in [3.05, 3.63) is 44.2 Å². The van der Waals surface area contributed by atoms with Gasteiger partial charge in [0.15, 0.2) is 0 Å². The van der Waals surface area contributed by atoms with Gasteiger partial charge in [0.2, 0.25) is 17.8 Å². The molecule has 0 spiro atoms. The average Bonchev–Trinajstić information content (AvgIpc) is 2.70. The maximum absolute atomic E-state index is 12.9. The third-order valence-electron chi connectivity index (χ3n) is 5.53. The Kier molecular flexibility index (Phi) is 5.71. The number of rotatable bonds is 3. The van der Waals surface area contributed by atoms with E-state index < -0.39 is 17.4 Å². The van der Waals surface area contributed by atoms with Crippen LogP contribution in [0.4, 0.5) is 17.5 Å². The number of carbonyl (C=O) groups excluding carboxylic acids is 2. The number of nitrogens with zero attached hydrogens (tertiary/aromatic N) is 2. The zero-order valence-corrected chi connectivity index (χ0v) is 17.8. The minimum Gasteiger partial charge on any atom is -0.342 e. The molecule has 158 valence electrons. The van der Waals surface area contributed by atoms with E-state index in [0.717, 1.165) is 25.9 Å². The minimum absolute atomic E-state index is 0.137. The van der Waals surface area contributed by atoms with Crippen molar-refractivity contribution in [3.8, 4) is 0 Å². The standard InChI is InChI=1S/C20H21Cl2N5O3/c1-10-4-6-27(7-5-10)20-25-17-16(19(30)26-20)12(9-15(28)24-17)18(29)23-11-2-3-13(21)14(22)8-11/h2-3,8,10,12H,4-7,9H2,1H3,(H,23,29)(H2,24,25,26,28,30)/t12-/m0/s1. The van der Waals surface area contributed by atoms with Gasteiger partial charge in [-0.25, -0.2) is 0 Å². The lowest BCUT2D eigenvalue weighted by Gasteiger charge is -2.31. The smallest absolute Gasteiger partial charge is 0.258 e. The van der Waals surface area contributed by atoms with E-state index in [2.05, 4.69) is 27.5 Å². The van der Waals surface area contributed by atoms with E-state index in [1.165, 1.54) is 6.07 Å². The highest BCUT2D eigenvalue weighted by molar-refractivity contribution is 6.42. The summed E-state index contributed by atoms with van der Waals surface area (Å²) in [6.45, 7) is 3.74. The molecule has 0 radical (unpaired) electrons. The van der Waals surface area contributed by atoms with Crippen LogP contribution in [0.25, 0.3) is 0 Å². The second-order valence-electron chi connectivity index (χ2n) is 7.74. The summed E-state index contributed by atoms with van der Waals surface area (Å²) in [5.41, 5.74) is 0.148. The van der Waals surface area contributed by atoms with E-state index in [1.54, 1.807) is 12.1 Å². The molecule has 4 rings (SSSR count). The van der Waals surface area contributed by atoms with Gasteiger partial charge in [0, 0.05) is 25.2 Å². The van der Waals surface area contributed by atoms with Crippen LogP contribution < -0.4 is 21.1 Å². The monoisotopic (exact) mass is 449 g/mol. The first kappa shape index (κ1) is 20.7. The molecule has 0 saturated carbocycles. The van der Waals surface area contributed by atoms with Gasteiger partial charge in [-0.2, -0.15) is 4.98 Å². The highest BCUT2D eigenvalue weighted by atomic mass is 35.5.